The minimum absolute atomic E-state index is 0.0428. The first-order valence-electron chi connectivity index (χ1n) is 9.20. The van der Waals surface area contributed by atoms with Crippen molar-refractivity contribution < 1.29 is 18.7 Å². The molecule has 1 heterocycles. The molecule has 0 saturated heterocycles. The minimum Gasteiger partial charge on any atom is -0.486 e. The van der Waals surface area contributed by atoms with Gasteiger partial charge in [-0.1, -0.05) is 30.0 Å². The quantitative estimate of drug-likeness (QED) is 0.369. The fraction of sp³-hybridized carbons (Fsp3) is 0.143. The number of hydrogen-bond donors (Lipinski definition) is 2. The summed E-state index contributed by atoms with van der Waals surface area (Å²) in [6.45, 7) is 4.27. The van der Waals surface area contributed by atoms with Crippen molar-refractivity contribution >= 4 is 29.3 Å². The van der Waals surface area contributed by atoms with Crippen molar-refractivity contribution in [3.63, 3.8) is 0 Å². The summed E-state index contributed by atoms with van der Waals surface area (Å²) in [5, 5.41) is 11.4. The molecule has 0 aliphatic heterocycles. The minimum atomic E-state index is -0.625. The van der Waals surface area contributed by atoms with Crippen molar-refractivity contribution in [1.29, 1.82) is 0 Å². The molecule has 0 unspecified atom stereocenters. The maximum Gasteiger partial charge on any atom is 0.250 e. The molecule has 0 atom stereocenters. The monoisotopic (exact) mass is 441 g/mol. The number of allylic oxidation sites excluding steroid dienone is 1. The zero-order chi connectivity index (χ0) is 22.2. The fourth-order valence-electron chi connectivity index (χ4n) is 2.65. The second-order valence-corrected chi connectivity index (χ2v) is 7.23. The van der Waals surface area contributed by atoms with Gasteiger partial charge in [0.2, 0.25) is 5.91 Å². The smallest absolute Gasteiger partial charge is 0.250 e. The molecule has 0 aliphatic carbocycles. The van der Waals surface area contributed by atoms with Crippen LogP contribution in [0.4, 0.5) is 10.1 Å². The molecule has 160 valence electrons. The zero-order valence-electron chi connectivity index (χ0n) is 16.5. The van der Waals surface area contributed by atoms with Crippen LogP contribution in [0.2, 0.25) is 0 Å². The molecule has 1 aromatic heterocycles. The van der Waals surface area contributed by atoms with E-state index in [1.165, 1.54) is 36.0 Å². The number of hydrogen-bond acceptors (Lipinski definition) is 6. The van der Waals surface area contributed by atoms with Gasteiger partial charge < -0.3 is 15.8 Å². The van der Waals surface area contributed by atoms with E-state index in [1.54, 1.807) is 34.9 Å². The molecule has 3 N–H and O–H groups in total. The second kappa shape index (κ2) is 10.4. The first-order chi connectivity index (χ1) is 15.0. The molecular formula is C21H20FN5O3S. The first-order valence-corrected chi connectivity index (χ1v) is 10.2. The standard InChI is InChI=1S/C21H20FN5O3S/c1-2-11-27-18(12-30-15-9-7-14(22)8-10-15)25-26-21(27)31-13-19(28)24-17-6-4-3-5-16(17)20(23)29/h2-10H,1,11-13H2,(H2,23,29)(H,24,28). The van der Waals surface area contributed by atoms with Gasteiger partial charge in [0.1, 0.15) is 18.2 Å². The Kier molecular flexibility index (Phi) is 7.39. The van der Waals surface area contributed by atoms with Crippen molar-refractivity contribution in [1.82, 2.24) is 14.8 Å². The van der Waals surface area contributed by atoms with E-state index in [2.05, 4.69) is 22.1 Å². The van der Waals surface area contributed by atoms with Crippen molar-refractivity contribution in [2.24, 2.45) is 5.73 Å². The lowest BCUT2D eigenvalue weighted by molar-refractivity contribution is -0.113. The Bertz CT molecular complexity index is 1080. The average molecular weight is 441 g/mol. The number of carbonyl (C=O) groups is 2. The lowest BCUT2D eigenvalue weighted by atomic mass is 10.1. The van der Waals surface area contributed by atoms with E-state index < -0.39 is 5.91 Å². The topological polar surface area (TPSA) is 112 Å². The van der Waals surface area contributed by atoms with E-state index in [0.29, 0.717) is 29.0 Å². The highest BCUT2D eigenvalue weighted by Crippen LogP contribution is 2.20. The summed E-state index contributed by atoms with van der Waals surface area (Å²) in [6.07, 6.45) is 1.68. The zero-order valence-corrected chi connectivity index (χ0v) is 17.3. The van der Waals surface area contributed by atoms with Gasteiger partial charge in [-0.2, -0.15) is 0 Å². The predicted molar refractivity (Wildman–Crippen MR) is 115 cm³/mol. The number of carbonyl (C=O) groups excluding carboxylic acids is 2. The van der Waals surface area contributed by atoms with Crippen molar-refractivity contribution in [2.75, 3.05) is 11.1 Å². The van der Waals surface area contributed by atoms with E-state index in [4.69, 9.17) is 10.5 Å². The summed E-state index contributed by atoms with van der Waals surface area (Å²) in [4.78, 5) is 23.8. The Morgan fingerprint density at radius 2 is 1.94 bits per heavy atom. The number of para-hydroxylation sites is 1. The number of nitrogens with zero attached hydrogens (tertiary/aromatic N) is 3. The van der Waals surface area contributed by atoms with E-state index in [0.717, 1.165) is 0 Å². The van der Waals surface area contributed by atoms with E-state index in [-0.39, 0.29) is 29.6 Å². The number of thioether (sulfide) groups is 1. The number of primary amides is 1. The lowest BCUT2D eigenvalue weighted by Crippen LogP contribution is -2.19. The summed E-state index contributed by atoms with van der Waals surface area (Å²) in [5.74, 6) is -0.225. The van der Waals surface area contributed by atoms with Crippen LogP contribution < -0.4 is 15.8 Å². The van der Waals surface area contributed by atoms with Gasteiger partial charge in [0, 0.05) is 6.54 Å². The van der Waals surface area contributed by atoms with Crippen LogP contribution >= 0.6 is 11.8 Å². The third-order valence-electron chi connectivity index (χ3n) is 4.09. The summed E-state index contributed by atoms with van der Waals surface area (Å²) in [5.41, 5.74) is 5.91. The third kappa shape index (κ3) is 5.92. The molecule has 3 rings (SSSR count). The van der Waals surface area contributed by atoms with Crippen LogP contribution in [0.3, 0.4) is 0 Å². The number of anilines is 1. The van der Waals surface area contributed by atoms with Crippen LogP contribution in [0, 0.1) is 5.82 Å². The highest BCUT2D eigenvalue weighted by molar-refractivity contribution is 7.99. The Morgan fingerprint density at radius 1 is 1.19 bits per heavy atom. The summed E-state index contributed by atoms with van der Waals surface area (Å²) in [7, 11) is 0. The predicted octanol–water partition coefficient (Wildman–Crippen LogP) is 3.01. The first kappa shape index (κ1) is 22.0. The molecule has 2 amide bonds. The number of ether oxygens (including phenoxy) is 1. The van der Waals surface area contributed by atoms with Gasteiger partial charge in [-0.25, -0.2) is 4.39 Å². The van der Waals surface area contributed by atoms with Gasteiger partial charge in [0.05, 0.1) is 17.0 Å². The summed E-state index contributed by atoms with van der Waals surface area (Å²) in [6, 6.07) is 12.2. The van der Waals surface area contributed by atoms with E-state index in [1.807, 2.05) is 0 Å². The molecule has 0 radical (unpaired) electrons. The second-order valence-electron chi connectivity index (χ2n) is 6.29. The Labute approximate surface area is 182 Å². The fourth-order valence-corrected chi connectivity index (χ4v) is 3.41. The molecule has 10 heteroatoms. The van der Waals surface area contributed by atoms with Gasteiger partial charge in [-0.05, 0) is 36.4 Å². The molecule has 0 fully saturated rings. The van der Waals surface area contributed by atoms with Crippen molar-refractivity contribution in [3.8, 4) is 5.75 Å². The number of aromatic nitrogens is 3. The molecule has 0 spiro atoms. The van der Waals surface area contributed by atoms with E-state index in [9.17, 15) is 14.0 Å². The average Bonchev–Trinajstić information content (AvgIpc) is 3.14. The molecular weight excluding hydrogens is 421 g/mol. The van der Waals surface area contributed by atoms with Gasteiger partial charge >= 0.3 is 0 Å². The number of nitrogens with two attached hydrogens (primary N) is 1. The van der Waals surface area contributed by atoms with Gasteiger partial charge in [0.25, 0.3) is 5.91 Å². The van der Waals surface area contributed by atoms with Crippen LogP contribution in [0.5, 0.6) is 5.75 Å². The molecule has 8 nitrogen and oxygen atoms in total. The van der Waals surface area contributed by atoms with Gasteiger partial charge in [0.15, 0.2) is 11.0 Å². The van der Waals surface area contributed by atoms with Crippen molar-refractivity contribution in [2.45, 2.75) is 18.3 Å². The molecule has 0 bridgehead atoms. The summed E-state index contributed by atoms with van der Waals surface area (Å²) < 4.78 is 20.4. The largest absolute Gasteiger partial charge is 0.486 e. The molecule has 31 heavy (non-hydrogen) atoms. The normalized spacial score (nSPS) is 10.5. The Balaban J connectivity index is 1.63. The van der Waals surface area contributed by atoms with Crippen molar-refractivity contribution in [3.05, 3.63) is 78.4 Å². The molecule has 0 saturated carbocycles. The van der Waals surface area contributed by atoms with Crippen LogP contribution in [-0.2, 0) is 17.9 Å². The lowest BCUT2D eigenvalue weighted by Gasteiger charge is -2.10. The van der Waals surface area contributed by atoms with Crippen LogP contribution in [0.25, 0.3) is 0 Å². The SMILES string of the molecule is C=CCn1c(COc2ccc(F)cc2)nnc1SCC(=O)Nc1ccccc1C(N)=O. The van der Waals surface area contributed by atoms with Gasteiger partial charge in [-0.15, -0.1) is 16.8 Å². The van der Waals surface area contributed by atoms with Gasteiger partial charge in [-0.3, -0.25) is 14.2 Å². The number of amides is 2. The molecule has 2 aromatic carbocycles. The summed E-state index contributed by atoms with van der Waals surface area (Å²) >= 11 is 1.18. The Morgan fingerprint density at radius 3 is 2.65 bits per heavy atom. The maximum absolute atomic E-state index is 13.0. The number of benzene rings is 2. The number of rotatable bonds is 10. The third-order valence-corrected chi connectivity index (χ3v) is 5.05. The van der Waals surface area contributed by atoms with Crippen LogP contribution in [0.1, 0.15) is 16.2 Å². The highest BCUT2D eigenvalue weighted by Gasteiger charge is 2.15. The number of nitrogens with one attached hydrogen (secondary N) is 1. The maximum atomic E-state index is 13.0. The van der Waals surface area contributed by atoms with Crippen LogP contribution in [-0.4, -0.2) is 32.3 Å². The number of halogens is 1. The van der Waals surface area contributed by atoms with E-state index >= 15 is 0 Å². The molecule has 3 aromatic rings. The van der Waals surface area contributed by atoms with Crippen LogP contribution in [0.15, 0.2) is 66.3 Å². The Hall–Kier alpha value is -3.66. The highest BCUT2D eigenvalue weighted by atomic mass is 32.2. The molecule has 0 aliphatic rings.